The Labute approximate surface area is 190 Å². The third-order valence-corrected chi connectivity index (χ3v) is 7.66. The largest absolute Gasteiger partial charge is 0.350 e. The van der Waals surface area contributed by atoms with Crippen molar-refractivity contribution >= 4 is 11.7 Å². The van der Waals surface area contributed by atoms with E-state index >= 15 is 0 Å². The molecule has 5 rings (SSSR count). The minimum Gasteiger partial charge on any atom is -0.350 e. The van der Waals surface area contributed by atoms with Crippen molar-refractivity contribution in [3.05, 3.63) is 83.4 Å². The lowest BCUT2D eigenvalue weighted by Gasteiger charge is -2.31. The first-order valence-electron chi connectivity index (χ1n) is 12.1. The maximum Gasteiger partial charge on any atom is 0.244 e. The van der Waals surface area contributed by atoms with Gasteiger partial charge in [0.15, 0.2) is 5.78 Å². The van der Waals surface area contributed by atoms with Crippen molar-refractivity contribution in [2.24, 2.45) is 5.92 Å². The fraction of sp³-hybridized carbons (Fsp3) is 0.429. The van der Waals surface area contributed by atoms with E-state index in [0.29, 0.717) is 17.6 Å². The summed E-state index contributed by atoms with van der Waals surface area (Å²) >= 11 is 0. The second kappa shape index (κ2) is 9.41. The fourth-order valence-electron chi connectivity index (χ4n) is 5.99. The number of carbonyl (C=O) groups is 2. The number of fused-ring (bicyclic) bond motifs is 5. The summed E-state index contributed by atoms with van der Waals surface area (Å²) < 4.78 is 0. The smallest absolute Gasteiger partial charge is 0.244 e. The molecule has 2 fully saturated rings. The Bertz CT molecular complexity index is 961. The summed E-state index contributed by atoms with van der Waals surface area (Å²) in [5, 5.41) is 3.09. The maximum absolute atomic E-state index is 12.3. The van der Waals surface area contributed by atoms with Crippen molar-refractivity contribution in [2.75, 3.05) is 6.54 Å². The Balaban J connectivity index is 1.05. The van der Waals surface area contributed by atoms with Gasteiger partial charge in [-0.15, -0.1) is 0 Å². The molecule has 2 atom stereocenters. The van der Waals surface area contributed by atoms with Crippen LogP contribution in [0.25, 0.3) is 0 Å². The lowest BCUT2D eigenvalue weighted by molar-refractivity contribution is -0.117. The SMILES string of the molecule is O=C(/C=C/C(=O)c1ccccc1)NC1CCC(CCN2C3CCC2c2ccccc23)CC1. The summed E-state index contributed by atoms with van der Waals surface area (Å²) in [6.07, 6.45) is 11.0. The Kier molecular flexibility index (Phi) is 6.22. The van der Waals surface area contributed by atoms with Crippen LogP contribution in [-0.4, -0.2) is 29.2 Å². The third-order valence-electron chi connectivity index (χ3n) is 7.66. The predicted octanol–water partition coefficient (Wildman–Crippen LogP) is 5.38. The average Bonchev–Trinajstić information content (AvgIpc) is 3.39. The van der Waals surface area contributed by atoms with E-state index in [1.54, 1.807) is 23.3 Å². The second-order valence-corrected chi connectivity index (χ2v) is 9.55. The van der Waals surface area contributed by atoms with Gasteiger partial charge in [-0.2, -0.15) is 0 Å². The van der Waals surface area contributed by atoms with Gasteiger partial charge in [-0.3, -0.25) is 14.5 Å². The zero-order valence-corrected chi connectivity index (χ0v) is 18.6. The zero-order valence-electron chi connectivity index (χ0n) is 18.6. The average molecular weight is 429 g/mol. The summed E-state index contributed by atoms with van der Waals surface area (Å²) in [6, 6.07) is 19.6. The summed E-state index contributed by atoms with van der Waals surface area (Å²) in [7, 11) is 0. The minimum atomic E-state index is -0.163. The Morgan fingerprint density at radius 3 is 2.09 bits per heavy atom. The van der Waals surface area contributed by atoms with Crippen molar-refractivity contribution in [1.29, 1.82) is 0 Å². The summed E-state index contributed by atoms with van der Waals surface area (Å²) in [6.45, 7) is 1.19. The number of allylic oxidation sites excluding steroid dienone is 1. The van der Waals surface area contributed by atoms with Gasteiger partial charge in [-0.1, -0.05) is 54.6 Å². The van der Waals surface area contributed by atoms with Crippen LogP contribution in [-0.2, 0) is 4.79 Å². The van der Waals surface area contributed by atoms with Gasteiger partial charge in [0, 0.05) is 29.8 Å². The van der Waals surface area contributed by atoms with E-state index in [1.807, 2.05) is 18.2 Å². The molecule has 166 valence electrons. The number of rotatable bonds is 7. The molecule has 1 amide bonds. The standard InChI is InChI=1S/C28H32N2O2/c31-27(21-6-2-1-3-7-21)16-17-28(32)29-22-12-10-20(11-13-22)18-19-30-25-14-15-26(30)24-9-5-4-8-23(24)25/h1-9,16-17,20,22,25-26H,10-15,18-19H2,(H,29,32)/b17-16+. The van der Waals surface area contributed by atoms with Crippen LogP contribution < -0.4 is 5.32 Å². The highest BCUT2D eigenvalue weighted by atomic mass is 16.1. The van der Waals surface area contributed by atoms with Crippen LogP contribution in [0.3, 0.4) is 0 Å². The molecule has 0 aromatic heterocycles. The monoisotopic (exact) mass is 428 g/mol. The first-order chi connectivity index (χ1) is 15.7. The third kappa shape index (κ3) is 4.42. The Morgan fingerprint density at radius 1 is 0.812 bits per heavy atom. The van der Waals surface area contributed by atoms with Gasteiger partial charge < -0.3 is 5.32 Å². The fourth-order valence-corrected chi connectivity index (χ4v) is 5.99. The molecular formula is C28H32N2O2. The lowest BCUT2D eigenvalue weighted by Crippen LogP contribution is -2.37. The first kappa shape index (κ1) is 21.1. The molecule has 2 aromatic carbocycles. The number of amides is 1. The van der Waals surface area contributed by atoms with E-state index in [4.69, 9.17) is 0 Å². The normalized spacial score (nSPS) is 26.9. The number of hydrogen-bond acceptors (Lipinski definition) is 3. The van der Waals surface area contributed by atoms with E-state index in [1.165, 1.54) is 50.8 Å². The van der Waals surface area contributed by atoms with Crippen molar-refractivity contribution in [3.63, 3.8) is 0 Å². The molecule has 0 spiro atoms. The first-order valence-corrected chi connectivity index (χ1v) is 12.1. The van der Waals surface area contributed by atoms with Gasteiger partial charge >= 0.3 is 0 Å². The van der Waals surface area contributed by atoms with Crippen LogP contribution in [0.15, 0.2) is 66.7 Å². The number of nitrogens with zero attached hydrogens (tertiary/aromatic N) is 1. The molecule has 1 saturated heterocycles. The topological polar surface area (TPSA) is 49.4 Å². The molecule has 2 bridgehead atoms. The van der Waals surface area contributed by atoms with Crippen molar-refractivity contribution in [2.45, 2.75) is 63.1 Å². The van der Waals surface area contributed by atoms with Crippen LogP contribution >= 0.6 is 0 Å². The highest BCUT2D eigenvalue weighted by Gasteiger charge is 2.43. The van der Waals surface area contributed by atoms with Crippen LogP contribution in [0, 0.1) is 5.92 Å². The quantitative estimate of drug-likeness (QED) is 0.476. The minimum absolute atomic E-state index is 0.137. The van der Waals surface area contributed by atoms with Gasteiger partial charge in [-0.25, -0.2) is 0 Å². The molecule has 3 aliphatic rings. The van der Waals surface area contributed by atoms with Gasteiger partial charge in [0.05, 0.1) is 0 Å². The molecular weight excluding hydrogens is 396 g/mol. The molecule has 4 nitrogen and oxygen atoms in total. The molecule has 32 heavy (non-hydrogen) atoms. The summed E-state index contributed by atoms with van der Waals surface area (Å²) in [4.78, 5) is 27.1. The van der Waals surface area contributed by atoms with Gasteiger partial charge in [-0.05, 0) is 74.6 Å². The van der Waals surface area contributed by atoms with Crippen LogP contribution in [0.1, 0.15) is 78.5 Å². The number of benzene rings is 2. The summed E-state index contributed by atoms with van der Waals surface area (Å²) in [5.41, 5.74) is 3.73. The summed E-state index contributed by atoms with van der Waals surface area (Å²) in [5.74, 6) is 0.452. The highest BCUT2D eigenvalue weighted by Crippen LogP contribution is 2.53. The van der Waals surface area contributed by atoms with Crippen molar-refractivity contribution in [1.82, 2.24) is 10.2 Å². The van der Waals surface area contributed by atoms with E-state index in [2.05, 4.69) is 34.5 Å². The number of hydrogen-bond donors (Lipinski definition) is 1. The van der Waals surface area contributed by atoms with E-state index in [9.17, 15) is 9.59 Å². The predicted molar refractivity (Wildman–Crippen MR) is 126 cm³/mol. The molecule has 2 unspecified atom stereocenters. The number of carbonyl (C=O) groups excluding carboxylic acids is 2. The lowest BCUT2D eigenvalue weighted by atomic mass is 9.84. The molecule has 4 heteroatoms. The van der Waals surface area contributed by atoms with Gasteiger partial charge in [0.25, 0.3) is 0 Å². The zero-order chi connectivity index (χ0) is 21.9. The molecule has 1 saturated carbocycles. The highest BCUT2D eigenvalue weighted by molar-refractivity contribution is 6.07. The Morgan fingerprint density at radius 2 is 1.44 bits per heavy atom. The number of ketones is 1. The van der Waals surface area contributed by atoms with Crippen molar-refractivity contribution in [3.8, 4) is 0 Å². The molecule has 2 heterocycles. The number of nitrogens with one attached hydrogen (secondary N) is 1. The van der Waals surface area contributed by atoms with Crippen LogP contribution in [0.4, 0.5) is 0 Å². The van der Waals surface area contributed by atoms with E-state index < -0.39 is 0 Å². The molecule has 2 aliphatic heterocycles. The van der Waals surface area contributed by atoms with Crippen molar-refractivity contribution < 1.29 is 9.59 Å². The maximum atomic E-state index is 12.3. The van der Waals surface area contributed by atoms with E-state index in [0.717, 1.165) is 18.8 Å². The molecule has 2 aromatic rings. The molecule has 0 radical (unpaired) electrons. The van der Waals surface area contributed by atoms with Crippen LogP contribution in [0.2, 0.25) is 0 Å². The second-order valence-electron chi connectivity index (χ2n) is 9.55. The molecule has 1 N–H and O–H groups in total. The van der Waals surface area contributed by atoms with Gasteiger partial charge in [0.1, 0.15) is 0 Å². The van der Waals surface area contributed by atoms with Crippen LogP contribution in [0.5, 0.6) is 0 Å². The van der Waals surface area contributed by atoms with E-state index in [-0.39, 0.29) is 17.7 Å². The Hall–Kier alpha value is -2.72. The van der Waals surface area contributed by atoms with Gasteiger partial charge in [0.2, 0.25) is 5.91 Å². The molecule has 1 aliphatic carbocycles.